The standard InChI is InChI=1S/C21H24BrN3O/c22-19-8-6-17(7-9-19)10-13-23-21(26)24-20-11-14-25(15-12-20)16-18-4-2-1-3-5-18/h1-10,13,20H,11-12,14-16H2,(H2,23,24,26)/b13-10+. The first-order valence-electron chi connectivity index (χ1n) is 8.94. The van der Waals surface area contributed by atoms with Crippen LogP contribution in [0.3, 0.4) is 0 Å². The number of hydrogen-bond acceptors (Lipinski definition) is 2. The van der Waals surface area contributed by atoms with Crippen molar-refractivity contribution in [1.82, 2.24) is 15.5 Å². The van der Waals surface area contributed by atoms with Gasteiger partial charge in [0.05, 0.1) is 0 Å². The van der Waals surface area contributed by atoms with Crippen LogP contribution < -0.4 is 10.6 Å². The third-order valence-corrected chi connectivity index (χ3v) is 5.06. The van der Waals surface area contributed by atoms with E-state index in [0.29, 0.717) is 0 Å². The highest BCUT2D eigenvalue weighted by Gasteiger charge is 2.20. The van der Waals surface area contributed by atoms with E-state index in [9.17, 15) is 4.79 Å². The Morgan fingerprint density at radius 3 is 2.46 bits per heavy atom. The third-order valence-electron chi connectivity index (χ3n) is 4.53. The summed E-state index contributed by atoms with van der Waals surface area (Å²) in [5.41, 5.74) is 2.39. The Hall–Kier alpha value is -2.11. The van der Waals surface area contributed by atoms with Crippen LogP contribution in [0.1, 0.15) is 24.0 Å². The van der Waals surface area contributed by atoms with Gasteiger partial charge in [-0.05, 0) is 42.2 Å². The molecule has 0 spiro atoms. The second kappa shape index (κ2) is 9.55. The molecule has 1 saturated heterocycles. The molecule has 3 rings (SSSR count). The molecule has 1 aliphatic rings. The summed E-state index contributed by atoms with van der Waals surface area (Å²) in [7, 11) is 0. The van der Waals surface area contributed by atoms with Crippen molar-refractivity contribution in [3.63, 3.8) is 0 Å². The van der Waals surface area contributed by atoms with Gasteiger partial charge in [-0.15, -0.1) is 0 Å². The van der Waals surface area contributed by atoms with Crippen molar-refractivity contribution in [1.29, 1.82) is 0 Å². The van der Waals surface area contributed by atoms with Crippen LogP contribution in [0.4, 0.5) is 4.79 Å². The number of benzene rings is 2. The fraction of sp³-hybridized carbons (Fsp3) is 0.286. The van der Waals surface area contributed by atoms with E-state index in [1.54, 1.807) is 6.20 Å². The van der Waals surface area contributed by atoms with E-state index in [1.807, 2.05) is 36.4 Å². The predicted octanol–water partition coefficient (Wildman–Crippen LogP) is 4.38. The largest absolute Gasteiger partial charge is 0.335 e. The molecule has 26 heavy (non-hydrogen) atoms. The maximum atomic E-state index is 12.0. The number of amides is 2. The molecule has 0 saturated carbocycles. The Morgan fingerprint density at radius 1 is 1.08 bits per heavy atom. The zero-order valence-corrected chi connectivity index (χ0v) is 16.3. The first-order valence-corrected chi connectivity index (χ1v) is 9.74. The monoisotopic (exact) mass is 413 g/mol. The van der Waals surface area contributed by atoms with Crippen LogP contribution in [0.15, 0.2) is 65.3 Å². The third kappa shape index (κ3) is 6.00. The molecule has 2 N–H and O–H groups in total. The van der Waals surface area contributed by atoms with Gasteiger partial charge in [-0.1, -0.05) is 58.4 Å². The number of nitrogens with zero attached hydrogens (tertiary/aromatic N) is 1. The van der Waals surface area contributed by atoms with Gasteiger partial charge in [0.2, 0.25) is 0 Å². The second-order valence-electron chi connectivity index (χ2n) is 6.54. The van der Waals surface area contributed by atoms with Crippen LogP contribution in [0, 0.1) is 0 Å². The van der Waals surface area contributed by atoms with Gasteiger partial charge in [0.1, 0.15) is 0 Å². The maximum absolute atomic E-state index is 12.0. The van der Waals surface area contributed by atoms with Crippen LogP contribution in [0.5, 0.6) is 0 Å². The minimum atomic E-state index is -0.139. The SMILES string of the molecule is O=C(N/C=C/c1ccc(Br)cc1)NC1CCN(Cc2ccccc2)CC1. The molecule has 0 unspecified atom stereocenters. The number of carbonyl (C=O) groups is 1. The molecule has 2 aromatic carbocycles. The summed E-state index contributed by atoms with van der Waals surface area (Å²) in [4.78, 5) is 14.5. The molecule has 0 atom stereocenters. The molecule has 0 aromatic heterocycles. The van der Waals surface area contributed by atoms with Crippen molar-refractivity contribution in [2.24, 2.45) is 0 Å². The number of carbonyl (C=O) groups excluding carboxylic acids is 1. The molecule has 1 aliphatic heterocycles. The number of likely N-dealkylation sites (tertiary alicyclic amines) is 1. The van der Waals surface area contributed by atoms with Crippen molar-refractivity contribution in [2.45, 2.75) is 25.4 Å². The molecule has 2 aromatic rings. The molecule has 0 aliphatic carbocycles. The van der Waals surface area contributed by atoms with Crippen LogP contribution in [0.2, 0.25) is 0 Å². The number of rotatable bonds is 5. The average Bonchev–Trinajstić information content (AvgIpc) is 2.66. The van der Waals surface area contributed by atoms with Crippen molar-refractivity contribution in [2.75, 3.05) is 13.1 Å². The summed E-state index contributed by atoms with van der Waals surface area (Å²) in [5, 5.41) is 5.85. The molecule has 1 fully saturated rings. The summed E-state index contributed by atoms with van der Waals surface area (Å²) in [5.74, 6) is 0. The van der Waals surface area contributed by atoms with Crippen molar-refractivity contribution < 1.29 is 4.79 Å². The second-order valence-corrected chi connectivity index (χ2v) is 7.45. The Balaban J connectivity index is 1.37. The van der Waals surface area contributed by atoms with Gasteiger partial charge < -0.3 is 10.6 Å². The summed E-state index contributed by atoms with van der Waals surface area (Å²) in [6.07, 6.45) is 5.53. The number of halogens is 1. The number of hydrogen-bond donors (Lipinski definition) is 2. The Morgan fingerprint density at radius 2 is 1.77 bits per heavy atom. The first kappa shape index (κ1) is 18.7. The van der Waals surface area contributed by atoms with Crippen LogP contribution in [-0.2, 0) is 6.54 Å². The maximum Gasteiger partial charge on any atom is 0.318 e. The molecule has 0 bridgehead atoms. The lowest BCUT2D eigenvalue weighted by atomic mass is 10.0. The van der Waals surface area contributed by atoms with Gasteiger partial charge in [0.25, 0.3) is 0 Å². The van der Waals surface area contributed by atoms with Crippen molar-refractivity contribution >= 4 is 28.0 Å². The minimum absolute atomic E-state index is 0.139. The molecule has 1 heterocycles. The Bertz CT molecular complexity index is 723. The number of piperidine rings is 1. The predicted molar refractivity (Wildman–Crippen MR) is 110 cm³/mol. The molecule has 5 heteroatoms. The van der Waals surface area contributed by atoms with E-state index >= 15 is 0 Å². The van der Waals surface area contributed by atoms with E-state index in [-0.39, 0.29) is 12.1 Å². The molecular weight excluding hydrogens is 390 g/mol. The lowest BCUT2D eigenvalue weighted by molar-refractivity contribution is 0.187. The van der Waals surface area contributed by atoms with E-state index in [4.69, 9.17) is 0 Å². The van der Waals surface area contributed by atoms with Gasteiger partial charge >= 0.3 is 6.03 Å². The fourth-order valence-electron chi connectivity index (χ4n) is 3.09. The molecule has 4 nitrogen and oxygen atoms in total. The summed E-state index contributed by atoms with van der Waals surface area (Å²) in [6, 6.07) is 18.6. The smallest absolute Gasteiger partial charge is 0.318 e. The lowest BCUT2D eigenvalue weighted by Crippen LogP contribution is -2.46. The minimum Gasteiger partial charge on any atom is -0.335 e. The van der Waals surface area contributed by atoms with Crippen LogP contribution >= 0.6 is 15.9 Å². The van der Waals surface area contributed by atoms with Gasteiger partial charge in [-0.3, -0.25) is 4.90 Å². The highest BCUT2D eigenvalue weighted by atomic mass is 79.9. The highest BCUT2D eigenvalue weighted by Crippen LogP contribution is 2.14. The fourth-order valence-corrected chi connectivity index (χ4v) is 3.36. The quantitative estimate of drug-likeness (QED) is 0.763. The Labute approximate surface area is 163 Å². The van der Waals surface area contributed by atoms with Crippen LogP contribution in [0.25, 0.3) is 6.08 Å². The van der Waals surface area contributed by atoms with E-state index in [0.717, 1.165) is 42.5 Å². The summed E-state index contributed by atoms with van der Waals surface area (Å²) >= 11 is 3.41. The topological polar surface area (TPSA) is 44.4 Å². The van der Waals surface area contributed by atoms with E-state index in [1.165, 1.54) is 5.56 Å². The normalized spacial score (nSPS) is 15.9. The molecule has 0 radical (unpaired) electrons. The zero-order valence-electron chi connectivity index (χ0n) is 14.7. The molecular formula is C21H24BrN3O. The van der Waals surface area contributed by atoms with E-state index in [2.05, 4.69) is 55.7 Å². The van der Waals surface area contributed by atoms with Crippen LogP contribution in [-0.4, -0.2) is 30.1 Å². The molecule has 136 valence electrons. The zero-order chi connectivity index (χ0) is 18.2. The van der Waals surface area contributed by atoms with E-state index < -0.39 is 0 Å². The first-order chi connectivity index (χ1) is 12.7. The number of urea groups is 1. The van der Waals surface area contributed by atoms with Crippen molar-refractivity contribution in [3.8, 4) is 0 Å². The summed E-state index contributed by atoms with van der Waals surface area (Å²) < 4.78 is 1.04. The van der Waals surface area contributed by atoms with Gasteiger partial charge in [0, 0.05) is 36.3 Å². The van der Waals surface area contributed by atoms with Gasteiger partial charge in [0.15, 0.2) is 0 Å². The number of nitrogens with one attached hydrogen (secondary N) is 2. The van der Waals surface area contributed by atoms with Crippen molar-refractivity contribution in [3.05, 3.63) is 76.4 Å². The molecule has 2 amide bonds. The lowest BCUT2D eigenvalue weighted by Gasteiger charge is -2.32. The summed E-state index contributed by atoms with van der Waals surface area (Å²) in [6.45, 7) is 3.00. The highest BCUT2D eigenvalue weighted by molar-refractivity contribution is 9.10. The van der Waals surface area contributed by atoms with Gasteiger partial charge in [-0.25, -0.2) is 4.79 Å². The average molecular weight is 414 g/mol. The van der Waals surface area contributed by atoms with Gasteiger partial charge in [-0.2, -0.15) is 0 Å². The Kier molecular flexibility index (Phi) is 6.86.